The van der Waals surface area contributed by atoms with Crippen molar-refractivity contribution in [1.82, 2.24) is 0 Å². The summed E-state index contributed by atoms with van der Waals surface area (Å²) in [7, 11) is 0. The maximum Gasteiger partial charge on any atom is 4.00 e. The van der Waals surface area contributed by atoms with E-state index in [1.165, 1.54) is 11.1 Å². The summed E-state index contributed by atoms with van der Waals surface area (Å²) < 4.78 is 0. The van der Waals surface area contributed by atoms with Crippen LogP contribution in [0.4, 0.5) is 0 Å². The van der Waals surface area contributed by atoms with Crippen molar-refractivity contribution in [2.75, 3.05) is 0 Å². The monoisotopic (exact) mass is 314 g/mol. The van der Waals surface area contributed by atoms with Crippen LogP contribution in [0.2, 0.25) is 0 Å². The van der Waals surface area contributed by atoms with Crippen molar-refractivity contribution in [2.24, 2.45) is 0 Å². The molecule has 0 bridgehead atoms. The van der Waals surface area contributed by atoms with Crippen molar-refractivity contribution < 1.29 is 35.6 Å². The van der Waals surface area contributed by atoms with Gasteiger partial charge < -0.3 is 9.41 Å². The van der Waals surface area contributed by atoms with E-state index in [0.29, 0.717) is 0 Å². The predicted octanol–water partition coefficient (Wildman–Crippen LogP) is -2.06. The molecular formula is C14H18F2Zr. The van der Waals surface area contributed by atoms with Crippen molar-refractivity contribution >= 4 is 0 Å². The average molecular weight is 316 g/mol. The van der Waals surface area contributed by atoms with Gasteiger partial charge in [0.05, 0.1) is 0 Å². The van der Waals surface area contributed by atoms with Gasteiger partial charge in [0.25, 0.3) is 0 Å². The molecule has 2 aromatic rings. The van der Waals surface area contributed by atoms with Gasteiger partial charge in [-0.2, -0.15) is 35.4 Å². The molecule has 0 amide bonds. The van der Waals surface area contributed by atoms with E-state index in [1.807, 2.05) is 0 Å². The second kappa shape index (κ2) is 13.5. The van der Waals surface area contributed by atoms with Gasteiger partial charge in [-0.3, -0.25) is 0 Å². The molecule has 0 atom stereocenters. The number of halogens is 2. The van der Waals surface area contributed by atoms with Crippen molar-refractivity contribution in [3.05, 3.63) is 59.7 Å². The Hall–Kier alpha value is -0.557. The molecule has 0 spiro atoms. The quantitative estimate of drug-likeness (QED) is 0.559. The molecule has 0 unspecified atom stereocenters. The topological polar surface area (TPSA) is 0 Å². The molecule has 0 aliphatic carbocycles. The predicted molar refractivity (Wildman–Crippen MR) is 62.8 cm³/mol. The summed E-state index contributed by atoms with van der Waals surface area (Å²) in [5, 5.41) is 0. The van der Waals surface area contributed by atoms with Crippen LogP contribution in [-0.4, -0.2) is 0 Å². The van der Waals surface area contributed by atoms with Crippen molar-refractivity contribution in [1.29, 1.82) is 0 Å². The molecule has 0 saturated heterocycles. The zero-order valence-corrected chi connectivity index (χ0v) is 12.7. The minimum atomic E-state index is 0. The smallest absolute Gasteiger partial charge is 1.00 e. The van der Waals surface area contributed by atoms with Gasteiger partial charge in [-0.05, 0) is 0 Å². The summed E-state index contributed by atoms with van der Waals surface area (Å²) in [5.41, 5.74) is 2.86. The van der Waals surface area contributed by atoms with Gasteiger partial charge >= 0.3 is 26.2 Å². The third-order valence-electron chi connectivity index (χ3n) is 2.28. The Kier molecular flexibility index (Phi) is 17.2. The molecule has 0 aliphatic rings. The molecule has 0 nitrogen and oxygen atoms in total. The van der Waals surface area contributed by atoms with Crippen LogP contribution in [0.25, 0.3) is 0 Å². The molecule has 2 aromatic carbocycles. The molecule has 0 saturated carbocycles. The fraction of sp³-hybridized carbons (Fsp3) is 0.286. The third kappa shape index (κ3) is 9.17. The molecular weight excluding hydrogens is 297 g/mol. The first-order chi connectivity index (χ1) is 6.86. The molecule has 0 N–H and O–H groups in total. The second-order valence-corrected chi connectivity index (χ2v) is 3.29. The summed E-state index contributed by atoms with van der Waals surface area (Å²) in [6.07, 6.45) is 2.32. The fourth-order valence-electron chi connectivity index (χ4n) is 1.30. The number of aryl methyl sites for hydroxylation is 2. The van der Waals surface area contributed by atoms with Crippen LogP contribution in [0, 0.1) is 0 Å². The molecule has 0 aromatic heterocycles. The van der Waals surface area contributed by atoms with Crippen LogP contribution in [0.5, 0.6) is 0 Å². The minimum absolute atomic E-state index is 0. The average Bonchev–Trinajstić information content (AvgIpc) is 2.92. The maximum absolute atomic E-state index is 2.16. The maximum atomic E-state index is 2.16. The van der Waals surface area contributed by atoms with Crippen LogP contribution in [0.1, 0.15) is 25.0 Å². The van der Waals surface area contributed by atoms with Crippen molar-refractivity contribution in [2.45, 2.75) is 26.7 Å². The van der Waals surface area contributed by atoms with Crippen molar-refractivity contribution in [3.63, 3.8) is 0 Å². The van der Waals surface area contributed by atoms with Gasteiger partial charge in [0.15, 0.2) is 0 Å². The van der Waals surface area contributed by atoms with Gasteiger partial charge in [-0.1, -0.05) is 26.7 Å². The van der Waals surface area contributed by atoms with Gasteiger partial charge in [0.1, 0.15) is 0 Å². The van der Waals surface area contributed by atoms with Crippen LogP contribution >= 0.6 is 0 Å². The van der Waals surface area contributed by atoms with E-state index in [1.54, 1.807) is 0 Å². The summed E-state index contributed by atoms with van der Waals surface area (Å²) in [6, 6.07) is 16.8. The fourth-order valence-corrected chi connectivity index (χ4v) is 1.30. The molecule has 92 valence electrons. The second-order valence-electron chi connectivity index (χ2n) is 3.29. The first kappa shape index (κ1) is 21.7. The first-order valence-corrected chi connectivity index (χ1v) is 5.28. The molecule has 17 heavy (non-hydrogen) atoms. The summed E-state index contributed by atoms with van der Waals surface area (Å²) in [6.45, 7) is 4.32. The van der Waals surface area contributed by atoms with Crippen LogP contribution in [0.15, 0.2) is 48.5 Å². The standard InChI is InChI=1S/2C7H9.2FH.Zr/c2*1-2-7-5-3-4-6-7;;;/h2*3-6H,2H2,1H3;2*1H;/q2*-1;;;+4/p-2. The van der Waals surface area contributed by atoms with Gasteiger partial charge in [0.2, 0.25) is 0 Å². The van der Waals surface area contributed by atoms with Gasteiger partial charge in [-0.25, -0.2) is 24.3 Å². The van der Waals surface area contributed by atoms with E-state index in [4.69, 9.17) is 0 Å². The van der Waals surface area contributed by atoms with Crippen molar-refractivity contribution in [3.8, 4) is 0 Å². The van der Waals surface area contributed by atoms with E-state index < -0.39 is 0 Å². The molecule has 0 radical (unpaired) electrons. The normalized spacial score (nSPS) is 7.65. The number of hydrogen-bond donors (Lipinski definition) is 0. The minimum Gasteiger partial charge on any atom is -1.00 e. The van der Waals surface area contributed by atoms with Crippen LogP contribution in [-0.2, 0) is 39.0 Å². The summed E-state index contributed by atoms with van der Waals surface area (Å²) in [5.74, 6) is 0. The molecule has 2 rings (SSSR count). The number of hydrogen-bond acceptors (Lipinski definition) is 0. The van der Waals surface area contributed by atoms with E-state index in [9.17, 15) is 0 Å². The Morgan fingerprint density at radius 1 is 0.647 bits per heavy atom. The largest absolute Gasteiger partial charge is 4.00 e. The summed E-state index contributed by atoms with van der Waals surface area (Å²) in [4.78, 5) is 0. The molecule has 0 fully saturated rings. The van der Waals surface area contributed by atoms with Gasteiger partial charge in [-0.15, -0.1) is 0 Å². The first-order valence-electron chi connectivity index (χ1n) is 5.28. The van der Waals surface area contributed by atoms with E-state index in [2.05, 4.69) is 62.4 Å². The van der Waals surface area contributed by atoms with E-state index in [-0.39, 0.29) is 35.6 Å². The Bertz CT molecular complexity index is 278. The zero-order chi connectivity index (χ0) is 10.2. The summed E-state index contributed by atoms with van der Waals surface area (Å²) >= 11 is 0. The third-order valence-corrected chi connectivity index (χ3v) is 2.28. The molecule has 0 aliphatic heterocycles. The Morgan fingerprint density at radius 2 is 0.882 bits per heavy atom. The number of rotatable bonds is 2. The molecule has 3 heteroatoms. The van der Waals surface area contributed by atoms with Crippen LogP contribution < -0.4 is 9.41 Å². The Labute approximate surface area is 122 Å². The zero-order valence-electron chi connectivity index (χ0n) is 10.3. The SMILES string of the molecule is CC[c-]1cccc1.CC[c-]1cccc1.[F-].[F-].[Zr+4]. The molecule has 0 heterocycles. The van der Waals surface area contributed by atoms with Gasteiger partial charge in [0, 0.05) is 0 Å². The van der Waals surface area contributed by atoms with E-state index in [0.717, 1.165) is 12.8 Å². The Morgan fingerprint density at radius 3 is 1.00 bits per heavy atom. The van der Waals surface area contributed by atoms with E-state index >= 15 is 0 Å². The van der Waals surface area contributed by atoms with Crippen LogP contribution in [0.3, 0.4) is 0 Å². The Balaban J connectivity index is -0.000000196.